The van der Waals surface area contributed by atoms with Crippen molar-refractivity contribution in [2.45, 2.75) is 12.8 Å². The minimum atomic E-state index is 0. The summed E-state index contributed by atoms with van der Waals surface area (Å²) >= 11 is 0. The van der Waals surface area contributed by atoms with Crippen molar-refractivity contribution in [2.24, 2.45) is 10.7 Å². The maximum absolute atomic E-state index is 5.96. The van der Waals surface area contributed by atoms with Gasteiger partial charge < -0.3 is 16.0 Å². The zero-order valence-electron chi connectivity index (χ0n) is 16.5. The van der Waals surface area contributed by atoms with Crippen molar-refractivity contribution in [3.8, 4) is 0 Å². The van der Waals surface area contributed by atoms with Crippen molar-refractivity contribution in [1.29, 1.82) is 0 Å². The van der Waals surface area contributed by atoms with Crippen LogP contribution in [0.1, 0.15) is 12.0 Å². The van der Waals surface area contributed by atoms with Crippen molar-refractivity contribution in [1.82, 2.24) is 10.2 Å². The van der Waals surface area contributed by atoms with Gasteiger partial charge in [0.2, 0.25) is 0 Å². The SMILES string of the molecule is I.NC(=NCCCN1CCN(c2ccccc2)CC1)NCCc1ccccc1. The topological polar surface area (TPSA) is 56.9 Å². The molecule has 0 saturated carbocycles. The van der Waals surface area contributed by atoms with Crippen LogP contribution in [0.3, 0.4) is 0 Å². The number of aliphatic imine (C=N–C) groups is 1. The fraction of sp³-hybridized carbons (Fsp3) is 0.409. The first-order chi connectivity index (χ1) is 13.3. The molecule has 1 aliphatic rings. The van der Waals surface area contributed by atoms with E-state index in [2.05, 4.69) is 74.7 Å². The highest BCUT2D eigenvalue weighted by Gasteiger charge is 2.16. The smallest absolute Gasteiger partial charge is 0.188 e. The second-order valence-electron chi connectivity index (χ2n) is 6.95. The van der Waals surface area contributed by atoms with Crippen molar-refractivity contribution < 1.29 is 0 Å². The lowest BCUT2D eigenvalue weighted by molar-refractivity contribution is 0.256. The summed E-state index contributed by atoms with van der Waals surface area (Å²) < 4.78 is 0. The molecule has 1 saturated heterocycles. The van der Waals surface area contributed by atoms with Gasteiger partial charge in [-0.3, -0.25) is 9.89 Å². The van der Waals surface area contributed by atoms with Crippen LogP contribution in [0, 0.1) is 0 Å². The average molecular weight is 493 g/mol. The van der Waals surface area contributed by atoms with Crippen LogP contribution in [0.5, 0.6) is 0 Å². The van der Waals surface area contributed by atoms with E-state index in [9.17, 15) is 0 Å². The van der Waals surface area contributed by atoms with Crippen LogP contribution in [-0.2, 0) is 6.42 Å². The molecule has 0 bridgehead atoms. The second-order valence-corrected chi connectivity index (χ2v) is 6.95. The average Bonchev–Trinajstić information content (AvgIpc) is 2.73. The van der Waals surface area contributed by atoms with Crippen LogP contribution >= 0.6 is 24.0 Å². The van der Waals surface area contributed by atoms with Gasteiger partial charge in [-0.1, -0.05) is 48.5 Å². The van der Waals surface area contributed by atoms with E-state index in [0.717, 1.165) is 58.7 Å². The van der Waals surface area contributed by atoms with Gasteiger partial charge in [-0.25, -0.2) is 0 Å². The summed E-state index contributed by atoms with van der Waals surface area (Å²) in [5.41, 5.74) is 8.60. The molecule has 2 aromatic rings. The van der Waals surface area contributed by atoms with Crippen LogP contribution < -0.4 is 16.0 Å². The molecule has 0 radical (unpaired) electrons. The molecule has 1 aliphatic heterocycles. The number of benzene rings is 2. The largest absolute Gasteiger partial charge is 0.370 e. The molecule has 1 fully saturated rings. The number of guanidine groups is 1. The molecule has 2 aromatic carbocycles. The Morgan fingerprint density at radius 3 is 2.25 bits per heavy atom. The van der Waals surface area contributed by atoms with Crippen LogP contribution in [0.15, 0.2) is 65.7 Å². The number of piperazine rings is 1. The number of hydrogen-bond donors (Lipinski definition) is 2. The highest BCUT2D eigenvalue weighted by molar-refractivity contribution is 14.0. The van der Waals surface area contributed by atoms with Crippen LogP contribution in [0.25, 0.3) is 0 Å². The van der Waals surface area contributed by atoms with Gasteiger partial charge in [-0.15, -0.1) is 24.0 Å². The molecule has 5 nitrogen and oxygen atoms in total. The maximum Gasteiger partial charge on any atom is 0.188 e. The summed E-state index contributed by atoms with van der Waals surface area (Å²) in [4.78, 5) is 9.43. The van der Waals surface area contributed by atoms with E-state index in [0.29, 0.717) is 5.96 Å². The normalized spacial score (nSPS) is 15.1. The third-order valence-electron chi connectivity index (χ3n) is 4.97. The first kappa shape index (κ1) is 22.5. The number of anilines is 1. The van der Waals surface area contributed by atoms with Gasteiger partial charge in [-0.2, -0.15) is 0 Å². The number of nitrogens with zero attached hydrogens (tertiary/aromatic N) is 3. The van der Waals surface area contributed by atoms with Crippen molar-refractivity contribution >= 4 is 35.6 Å². The van der Waals surface area contributed by atoms with Crippen LogP contribution in [0.2, 0.25) is 0 Å². The van der Waals surface area contributed by atoms with Gasteiger partial charge >= 0.3 is 0 Å². The Bertz CT molecular complexity index is 685. The van der Waals surface area contributed by atoms with Crippen molar-refractivity contribution in [3.05, 3.63) is 66.2 Å². The molecule has 0 atom stereocenters. The van der Waals surface area contributed by atoms with Gasteiger partial charge in [0.15, 0.2) is 5.96 Å². The van der Waals surface area contributed by atoms with Crippen molar-refractivity contribution in [3.63, 3.8) is 0 Å². The lowest BCUT2D eigenvalue weighted by Crippen LogP contribution is -2.46. The third kappa shape index (κ3) is 7.67. The Morgan fingerprint density at radius 1 is 0.929 bits per heavy atom. The quantitative estimate of drug-likeness (QED) is 0.257. The summed E-state index contributed by atoms with van der Waals surface area (Å²) in [5, 5.41) is 3.20. The predicted molar refractivity (Wildman–Crippen MR) is 130 cm³/mol. The summed E-state index contributed by atoms with van der Waals surface area (Å²) in [6, 6.07) is 21.1. The van der Waals surface area contributed by atoms with Crippen molar-refractivity contribution in [2.75, 3.05) is 50.7 Å². The first-order valence-corrected chi connectivity index (χ1v) is 9.91. The number of rotatable bonds is 8. The van der Waals surface area contributed by atoms with Gasteiger partial charge in [-0.05, 0) is 30.5 Å². The number of halogens is 1. The number of hydrogen-bond acceptors (Lipinski definition) is 3. The van der Waals surface area contributed by atoms with E-state index < -0.39 is 0 Å². The van der Waals surface area contributed by atoms with Crippen LogP contribution in [0.4, 0.5) is 5.69 Å². The van der Waals surface area contributed by atoms with E-state index in [1.54, 1.807) is 0 Å². The molecule has 152 valence electrons. The minimum absolute atomic E-state index is 0. The standard InChI is InChI=1S/C22H31N5.HI/c23-22(25-14-12-20-8-3-1-4-9-20)24-13-7-15-26-16-18-27(19-17-26)21-10-5-2-6-11-21;/h1-6,8-11H,7,12-19H2,(H3,23,24,25);1H. The Kier molecular flexibility index (Phi) is 10.1. The molecule has 0 amide bonds. The molecular weight excluding hydrogens is 461 g/mol. The maximum atomic E-state index is 5.96. The monoisotopic (exact) mass is 493 g/mol. The Labute approximate surface area is 186 Å². The van der Waals surface area contributed by atoms with Gasteiger partial charge in [0.05, 0.1) is 0 Å². The number of nitrogens with two attached hydrogens (primary N) is 1. The van der Waals surface area contributed by atoms with E-state index in [4.69, 9.17) is 5.73 Å². The lowest BCUT2D eigenvalue weighted by atomic mass is 10.1. The van der Waals surface area contributed by atoms with Crippen LogP contribution in [-0.4, -0.2) is 56.7 Å². The van der Waals surface area contributed by atoms with E-state index in [-0.39, 0.29) is 24.0 Å². The van der Waals surface area contributed by atoms with E-state index >= 15 is 0 Å². The first-order valence-electron chi connectivity index (χ1n) is 9.91. The number of nitrogens with one attached hydrogen (secondary N) is 1. The highest BCUT2D eigenvalue weighted by Crippen LogP contribution is 2.15. The molecule has 0 spiro atoms. The summed E-state index contributed by atoms with van der Waals surface area (Å²) in [6.07, 6.45) is 2.01. The molecule has 3 N–H and O–H groups in total. The highest BCUT2D eigenvalue weighted by atomic mass is 127. The van der Waals surface area contributed by atoms with E-state index in [1.807, 2.05) is 6.07 Å². The molecule has 0 aliphatic carbocycles. The summed E-state index contributed by atoms with van der Waals surface area (Å²) in [5.74, 6) is 0.555. The zero-order valence-corrected chi connectivity index (χ0v) is 18.8. The lowest BCUT2D eigenvalue weighted by Gasteiger charge is -2.36. The Hall–Kier alpha value is -1.80. The molecule has 0 aromatic heterocycles. The Balaban J connectivity index is 0.00000280. The predicted octanol–water partition coefficient (Wildman–Crippen LogP) is 2.96. The number of para-hydroxylation sites is 1. The van der Waals surface area contributed by atoms with Gasteiger partial charge in [0.1, 0.15) is 0 Å². The zero-order chi connectivity index (χ0) is 18.7. The molecule has 1 heterocycles. The third-order valence-corrected chi connectivity index (χ3v) is 4.97. The summed E-state index contributed by atoms with van der Waals surface area (Å²) in [7, 11) is 0. The molecule has 3 rings (SSSR count). The second kappa shape index (κ2) is 12.6. The minimum Gasteiger partial charge on any atom is -0.370 e. The van der Waals surface area contributed by atoms with Gasteiger partial charge in [0, 0.05) is 51.5 Å². The summed E-state index contributed by atoms with van der Waals surface area (Å²) in [6.45, 7) is 7.10. The van der Waals surface area contributed by atoms with E-state index in [1.165, 1.54) is 11.3 Å². The fourth-order valence-corrected chi connectivity index (χ4v) is 3.40. The van der Waals surface area contributed by atoms with Gasteiger partial charge in [0.25, 0.3) is 0 Å². The molecule has 28 heavy (non-hydrogen) atoms. The molecular formula is C22H32IN5. The fourth-order valence-electron chi connectivity index (χ4n) is 3.40. The molecule has 0 unspecified atom stereocenters. The molecule has 6 heteroatoms. The Morgan fingerprint density at radius 2 is 1.57 bits per heavy atom.